The second-order valence-electron chi connectivity index (χ2n) is 8.57. The van der Waals surface area contributed by atoms with E-state index in [-0.39, 0.29) is 17.3 Å². The van der Waals surface area contributed by atoms with Gasteiger partial charge in [0, 0.05) is 28.7 Å². The zero-order valence-electron chi connectivity index (χ0n) is 19.6. The molecule has 1 aromatic heterocycles. The minimum absolute atomic E-state index is 0.0440. The number of aryl methyl sites for hydroxylation is 1. The maximum absolute atomic E-state index is 13.8. The Hall–Kier alpha value is -3.74. The molecule has 0 saturated heterocycles. The number of nitrogens with zero attached hydrogens (tertiary/aromatic N) is 1. The van der Waals surface area contributed by atoms with E-state index in [1.807, 2.05) is 85.1 Å². The first-order chi connectivity index (χ1) is 16.9. The van der Waals surface area contributed by atoms with Gasteiger partial charge in [-0.25, -0.2) is 0 Å². The molecule has 176 valence electrons. The van der Waals surface area contributed by atoms with E-state index >= 15 is 0 Å². The topological polar surface area (TPSA) is 65.4 Å². The van der Waals surface area contributed by atoms with Crippen LogP contribution in [0, 0.1) is 13.8 Å². The summed E-state index contributed by atoms with van der Waals surface area (Å²) >= 11 is 0. The van der Waals surface area contributed by atoms with Crippen LogP contribution in [0.4, 0.5) is 0 Å². The lowest BCUT2D eigenvalue weighted by molar-refractivity contribution is 0.104. The third-order valence-corrected chi connectivity index (χ3v) is 7.68. The Morgan fingerprint density at radius 1 is 0.800 bits per heavy atom. The van der Waals surface area contributed by atoms with E-state index in [0.717, 1.165) is 32.9 Å². The number of benzene rings is 4. The van der Waals surface area contributed by atoms with Crippen LogP contribution < -0.4 is 0 Å². The third kappa shape index (κ3) is 4.27. The van der Waals surface area contributed by atoms with Gasteiger partial charge in [-0.05, 0) is 42.8 Å². The molecule has 0 unspecified atom stereocenters. The Labute approximate surface area is 204 Å². The molecule has 0 aliphatic heterocycles. The Bertz CT molecular complexity index is 1660. The molecule has 0 spiro atoms. The Balaban J connectivity index is 1.49. The van der Waals surface area contributed by atoms with Crippen molar-refractivity contribution in [3.05, 3.63) is 113 Å². The minimum Gasteiger partial charge on any atom is -0.342 e. The van der Waals surface area contributed by atoms with E-state index in [1.54, 1.807) is 24.3 Å². The molecule has 4 aromatic carbocycles. The highest BCUT2D eigenvalue weighted by atomic mass is 32.2. The average Bonchev–Trinajstić information content (AvgIpc) is 3.14. The molecule has 35 heavy (non-hydrogen) atoms. The Morgan fingerprint density at radius 3 is 2.23 bits per heavy atom. The molecule has 0 aliphatic carbocycles. The van der Waals surface area contributed by atoms with Crippen molar-refractivity contribution in [2.45, 2.75) is 25.3 Å². The van der Waals surface area contributed by atoms with Crippen LogP contribution in [-0.2, 0) is 20.8 Å². The molecular weight excluding hydrogens is 458 g/mol. The van der Waals surface area contributed by atoms with Crippen molar-refractivity contribution in [2.75, 3.05) is 6.61 Å². The molecule has 5 nitrogen and oxygen atoms in total. The molecule has 5 rings (SSSR count). The number of carbonyl (C=O) groups is 1. The summed E-state index contributed by atoms with van der Waals surface area (Å²) in [5.41, 5.74) is 3.89. The second-order valence-corrected chi connectivity index (χ2v) is 10.2. The summed E-state index contributed by atoms with van der Waals surface area (Å²) in [6.07, 6.45) is 0. The zero-order chi connectivity index (χ0) is 24.6. The van der Waals surface area contributed by atoms with Gasteiger partial charge in [-0.3, -0.25) is 8.98 Å². The highest BCUT2D eigenvalue weighted by Crippen LogP contribution is 2.30. The van der Waals surface area contributed by atoms with E-state index in [0.29, 0.717) is 17.7 Å². The lowest BCUT2D eigenvalue weighted by Gasteiger charge is -2.10. The number of hydrogen-bond acceptors (Lipinski definition) is 4. The number of para-hydroxylation sites is 1. The van der Waals surface area contributed by atoms with Gasteiger partial charge in [0.2, 0.25) is 0 Å². The second kappa shape index (κ2) is 9.13. The molecule has 0 bridgehead atoms. The molecule has 0 radical (unpaired) electrons. The number of ketones is 1. The number of carbonyl (C=O) groups excluding carboxylic acids is 1. The van der Waals surface area contributed by atoms with Crippen molar-refractivity contribution in [3.8, 4) is 0 Å². The van der Waals surface area contributed by atoms with Crippen molar-refractivity contribution >= 4 is 37.6 Å². The van der Waals surface area contributed by atoms with Crippen LogP contribution in [0.25, 0.3) is 21.7 Å². The van der Waals surface area contributed by atoms with E-state index in [1.165, 1.54) is 0 Å². The maximum atomic E-state index is 13.8. The summed E-state index contributed by atoms with van der Waals surface area (Å²) in [7, 11) is -3.87. The average molecular weight is 484 g/mol. The van der Waals surface area contributed by atoms with Crippen LogP contribution in [0.2, 0.25) is 0 Å². The van der Waals surface area contributed by atoms with Crippen LogP contribution in [0.15, 0.2) is 95.9 Å². The van der Waals surface area contributed by atoms with E-state index < -0.39 is 10.1 Å². The molecular formula is C29H25NO4S. The molecule has 1 heterocycles. The first-order valence-electron chi connectivity index (χ1n) is 11.4. The lowest BCUT2D eigenvalue weighted by atomic mass is 9.95. The summed E-state index contributed by atoms with van der Waals surface area (Å²) < 4.78 is 32.5. The summed E-state index contributed by atoms with van der Waals surface area (Å²) in [5.74, 6) is -0.0533. The van der Waals surface area contributed by atoms with Gasteiger partial charge in [0.1, 0.15) is 0 Å². The fourth-order valence-electron chi connectivity index (χ4n) is 4.58. The van der Waals surface area contributed by atoms with Gasteiger partial charge >= 0.3 is 0 Å². The van der Waals surface area contributed by atoms with E-state index in [9.17, 15) is 13.2 Å². The summed E-state index contributed by atoms with van der Waals surface area (Å²) in [6.45, 7) is 4.04. The van der Waals surface area contributed by atoms with Crippen LogP contribution in [0.5, 0.6) is 0 Å². The predicted molar refractivity (Wildman–Crippen MR) is 138 cm³/mol. The minimum atomic E-state index is -3.87. The number of hydrogen-bond donors (Lipinski definition) is 0. The fourth-order valence-corrected chi connectivity index (χ4v) is 5.47. The first-order valence-corrected chi connectivity index (χ1v) is 12.8. The third-order valence-electron chi connectivity index (χ3n) is 6.36. The Kier molecular flexibility index (Phi) is 6.01. The normalized spacial score (nSPS) is 11.8. The first kappa shape index (κ1) is 23.0. The van der Waals surface area contributed by atoms with Crippen LogP contribution >= 0.6 is 0 Å². The van der Waals surface area contributed by atoms with Crippen molar-refractivity contribution in [1.29, 1.82) is 0 Å². The molecule has 0 fully saturated rings. The molecule has 0 aliphatic rings. The number of aromatic nitrogens is 1. The number of rotatable bonds is 7. The van der Waals surface area contributed by atoms with Crippen LogP contribution in [-0.4, -0.2) is 25.4 Å². The van der Waals surface area contributed by atoms with E-state index in [2.05, 4.69) is 0 Å². The highest BCUT2D eigenvalue weighted by molar-refractivity contribution is 7.86. The van der Waals surface area contributed by atoms with Crippen molar-refractivity contribution in [3.63, 3.8) is 0 Å². The quantitative estimate of drug-likeness (QED) is 0.209. The Morgan fingerprint density at radius 2 is 1.46 bits per heavy atom. The van der Waals surface area contributed by atoms with Crippen molar-refractivity contribution < 1.29 is 17.4 Å². The van der Waals surface area contributed by atoms with Gasteiger partial charge in [-0.2, -0.15) is 8.42 Å². The zero-order valence-corrected chi connectivity index (χ0v) is 20.4. The SMILES string of the molecule is Cc1ccc(S(=O)(=O)OCCn2c(C)c(C(=O)c3cccc4ccccc34)c3ccccc32)cc1. The summed E-state index contributed by atoms with van der Waals surface area (Å²) in [6, 6.07) is 27.8. The molecule has 6 heteroatoms. The van der Waals surface area contributed by atoms with E-state index in [4.69, 9.17) is 4.18 Å². The number of fused-ring (bicyclic) bond motifs is 2. The van der Waals surface area contributed by atoms with Crippen molar-refractivity contribution in [1.82, 2.24) is 4.57 Å². The highest BCUT2D eigenvalue weighted by Gasteiger charge is 2.23. The van der Waals surface area contributed by atoms with Crippen LogP contribution in [0.1, 0.15) is 27.2 Å². The van der Waals surface area contributed by atoms with Gasteiger partial charge in [-0.15, -0.1) is 0 Å². The smallest absolute Gasteiger partial charge is 0.297 e. The summed E-state index contributed by atoms with van der Waals surface area (Å²) in [5, 5.41) is 2.75. The molecule has 0 amide bonds. The van der Waals surface area contributed by atoms with Gasteiger partial charge in [0.05, 0.1) is 17.1 Å². The van der Waals surface area contributed by atoms with Gasteiger partial charge < -0.3 is 4.57 Å². The fraction of sp³-hybridized carbons (Fsp3) is 0.138. The lowest BCUT2D eigenvalue weighted by Crippen LogP contribution is -2.13. The standard InChI is InChI=1S/C29H25NO4S/c1-20-14-16-23(17-15-20)35(32,33)34-19-18-30-21(2)28(26-11-5-6-13-27(26)30)29(31)25-12-7-9-22-8-3-4-10-24(22)25/h3-17H,18-19H2,1-2H3. The van der Waals surface area contributed by atoms with Crippen LogP contribution in [0.3, 0.4) is 0 Å². The molecule has 5 aromatic rings. The monoisotopic (exact) mass is 483 g/mol. The molecule has 0 saturated carbocycles. The summed E-state index contributed by atoms with van der Waals surface area (Å²) in [4.78, 5) is 13.9. The predicted octanol–water partition coefficient (Wildman–Crippen LogP) is 6.05. The largest absolute Gasteiger partial charge is 0.342 e. The van der Waals surface area contributed by atoms with Crippen molar-refractivity contribution in [2.24, 2.45) is 0 Å². The van der Waals surface area contributed by atoms with Gasteiger partial charge in [-0.1, -0.05) is 78.4 Å². The van der Waals surface area contributed by atoms with Gasteiger partial charge in [0.15, 0.2) is 5.78 Å². The molecule has 0 N–H and O–H groups in total. The van der Waals surface area contributed by atoms with Gasteiger partial charge in [0.25, 0.3) is 10.1 Å². The molecule has 0 atom stereocenters. The maximum Gasteiger partial charge on any atom is 0.297 e.